The van der Waals surface area contributed by atoms with Crippen molar-refractivity contribution in [2.24, 2.45) is 11.8 Å². The zero-order chi connectivity index (χ0) is 15.2. The van der Waals surface area contributed by atoms with Gasteiger partial charge in [-0.1, -0.05) is 38.0 Å². The molecule has 2 rings (SSSR count). The average molecular weight is 289 g/mol. The molecule has 0 aromatic heterocycles. The molecule has 1 fully saturated rings. The lowest BCUT2D eigenvalue weighted by molar-refractivity contribution is 0.237. The van der Waals surface area contributed by atoms with Crippen LogP contribution in [0.1, 0.15) is 56.6 Å². The van der Waals surface area contributed by atoms with Gasteiger partial charge in [0.05, 0.1) is 7.11 Å². The average Bonchev–Trinajstić information content (AvgIpc) is 2.49. The first-order chi connectivity index (χ1) is 10.2. The molecule has 1 aliphatic rings. The second-order valence-electron chi connectivity index (χ2n) is 6.73. The Bertz CT molecular complexity index is 443. The van der Waals surface area contributed by atoms with E-state index in [2.05, 4.69) is 44.3 Å². The van der Waals surface area contributed by atoms with Gasteiger partial charge in [-0.15, -0.1) is 0 Å². The summed E-state index contributed by atoms with van der Waals surface area (Å²) in [6.45, 7) is 9.08. The van der Waals surface area contributed by atoms with Crippen LogP contribution in [0.15, 0.2) is 18.2 Å². The fourth-order valence-electron chi connectivity index (χ4n) is 3.68. The molecular formula is C19H31NO. The van der Waals surface area contributed by atoms with E-state index in [1.54, 1.807) is 7.11 Å². The van der Waals surface area contributed by atoms with Crippen LogP contribution in [0.4, 0.5) is 0 Å². The third-order valence-electron chi connectivity index (χ3n) is 4.87. The van der Waals surface area contributed by atoms with Crippen molar-refractivity contribution in [1.29, 1.82) is 0 Å². The zero-order valence-corrected chi connectivity index (χ0v) is 14.1. The highest BCUT2D eigenvalue weighted by Gasteiger charge is 2.31. The number of rotatable bonds is 6. The van der Waals surface area contributed by atoms with E-state index in [0.29, 0.717) is 5.92 Å². The Morgan fingerprint density at radius 1 is 1.29 bits per heavy atom. The highest BCUT2D eigenvalue weighted by atomic mass is 16.5. The SMILES string of the molecule is CCCNCC1CCC(C)CC1c1cc(C)ccc1OC. The number of hydrogen-bond acceptors (Lipinski definition) is 2. The summed E-state index contributed by atoms with van der Waals surface area (Å²) in [7, 11) is 1.80. The van der Waals surface area contributed by atoms with Gasteiger partial charge in [-0.3, -0.25) is 0 Å². The first-order valence-corrected chi connectivity index (χ1v) is 8.51. The van der Waals surface area contributed by atoms with E-state index in [1.165, 1.54) is 36.8 Å². The molecule has 0 saturated heterocycles. The molecule has 1 aromatic rings. The molecule has 1 aromatic carbocycles. The molecule has 118 valence electrons. The molecule has 0 heterocycles. The molecule has 0 spiro atoms. The van der Waals surface area contributed by atoms with Gasteiger partial charge in [0.2, 0.25) is 0 Å². The summed E-state index contributed by atoms with van der Waals surface area (Å²) in [5.74, 6) is 3.26. The van der Waals surface area contributed by atoms with Crippen LogP contribution in [0.5, 0.6) is 5.75 Å². The predicted octanol–water partition coefficient (Wildman–Crippen LogP) is 4.52. The fraction of sp³-hybridized carbons (Fsp3) is 0.684. The number of methoxy groups -OCH3 is 1. The van der Waals surface area contributed by atoms with Crippen molar-refractivity contribution in [3.8, 4) is 5.75 Å². The Kier molecular flexibility index (Phi) is 6.10. The molecule has 2 heteroatoms. The molecule has 0 amide bonds. The second kappa shape index (κ2) is 7.84. The summed E-state index contributed by atoms with van der Waals surface area (Å²) in [6.07, 6.45) is 5.20. The Morgan fingerprint density at radius 3 is 2.81 bits per heavy atom. The van der Waals surface area contributed by atoms with E-state index in [4.69, 9.17) is 4.74 Å². The fourth-order valence-corrected chi connectivity index (χ4v) is 3.68. The Hall–Kier alpha value is -1.02. The van der Waals surface area contributed by atoms with Gasteiger partial charge in [0, 0.05) is 0 Å². The zero-order valence-electron chi connectivity index (χ0n) is 14.1. The Morgan fingerprint density at radius 2 is 2.10 bits per heavy atom. The van der Waals surface area contributed by atoms with E-state index in [9.17, 15) is 0 Å². The van der Waals surface area contributed by atoms with E-state index < -0.39 is 0 Å². The second-order valence-corrected chi connectivity index (χ2v) is 6.73. The first-order valence-electron chi connectivity index (χ1n) is 8.51. The van der Waals surface area contributed by atoms with Crippen molar-refractivity contribution in [1.82, 2.24) is 5.32 Å². The number of hydrogen-bond donors (Lipinski definition) is 1. The lowest BCUT2D eigenvalue weighted by Gasteiger charge is -2.36. The van der Waals surface area contributed by atoms with Crippen LogP contribution in [-0.2, 0) is 0 Å². The summed E-state index contributed by atoms with van der Waals surface area (Å²) < 4.78 is 5.64. The normalized spacial score (nSPS) is 25.8. The minimum Gasteiger partial charge on any atom is -0.496 e. The van der Waals surface area contributed by atoms with E-state index in [1.807, 2.05) is 0 Å². The van der Waals surface area contributed by atoms with Crippen molar-refractivity contribution in [2.75, 3.05) is 20.2 Å². The van der Waals surface area contributed by atoms with Gasteiger partial charge in [0.15, 0.2) is 0 Å². The topological polar surface area (TPSA) is 21.3 Å². The van der Waals surface area contributed by atoms with E-state index in [-0.39, 0.29) is 0 Å². The number of ether oxygens (including phenoxy) is 1. The molecular weight excluding hydrogens is 258 g/mol. The van der Waals surface area contributed by atoms with Gasteiger partial charge in [-0.05, 0) is 68.7 Å². The van der Waals surface area contributed by atoms with Crippen molar-refractivity contribution in [2.45, 2.75) is 52.4 Å². The Labute approximate surface area is 130 Å². The van der Waals surface area contributed by atoms with Gasteiger partial charge >= 0.3 is 0 Å². The van der Waals surface area contributed by atoms with Gasteiger partial charge in [-0.25, -0.2) is 0 Å². The van der Waals surface area contributed by atoms with Crippen LogP contribution in [0.25, 0.3) is 0 Å². The van der Waals surface area contributed by atoms with Crippen molar-refractivity contribution in [3.05, 3.63) is 29.3 Å². The maximum absolute atomic E-state index is 5.64. The smallest absolute Gasteiger partial charge is 0.122 e. The maximum atomic E-state index is 5.64. The summed E-state index contributed by atoms with van der Waals surface area (Å²) in [5, 5.41) is 3.63. The van der Waals surface area contributed by atoms with Crippen LogP contribution < -0.4 is 10.1 Å². The van der Waals surface area contributed by atoms with Crippen LogP contribution in [0, 0.1) is 18.8 Å². The minimum absolute atomic E-state index is 0.632. The molecule has 2 nitrogen and oxygen atoms in total. The standard InChI is InChI=1S/C19H31NO/c1-5-10-20-13-16-8-6-14(2)11-17(16)18-12-15(3)7-9-19(18)21-4/h7,9,12,14,16-17,20H,5-6,8,10-11,13H2,1-4H3. The lowest BCUT2D eigenvalue weighted by atomic mass is 9.71. The molecule has 0 radical (unpaired) electrons. The van der Waals surface area contributed by atoms with Crippen molar-refractivity contribution < 1.29 is 4.74 Å². The number of benzene rings is 1. The molecule has 1 N–H and O–H groups in total. The summed E-state index contributed by atoms with van der Waals surface area (Å²) in [6, 6.07) is 6.63. The van der Waals surface area contributed by atoms with Gasteiger partial charge in [-0.2, -0.15) is 0 Å². The van der Waals surface area contributed by atoms with Crippen LogP contribution in [0.3, 0.4) is 0 Å². The third-order valence-corrected chi connectivity index (χ3v) is 4.87. The van der Waals surface area contributed by atoms with Crippen LogP contribution in [0.2, 0.25) is 0 Å². The number of nitrogens with one attached hydrogen (secondary N) is 1. The monoisotopic (exact) mass is 289 g/mol. The molecule has 21 heavy (non-hydrogen) atoms. The van der Waals surface area contributed by atoms with Crippen LogP contribution in [-0.4, -0.2) is 20.2 Å². The van der Waals surface area contributed by atoms with E-state index in [0.717, 1.165) is 30.7 Å². The molecule has 1 aliphatic carbocycles. The maximum Gasteiger partial charge on any atom is 0.122 e. The molecule has 0 aliphatic heterocycles. The molecule has 1 saturated carbocycles. The van der Waals surface area contributed by atoms with Crippen LogP contribution >= 0.6 is 0 Å². The number of aryl methyl sites for hydroxylation is 1. The largest absolute Gasteiger partial charge is 0.496 e. The Balaban J connectivity index is 2.20. The van der Waals surface area contributed by atoms with Crippen molar-refractivity contribution >= 4 is 0 Å². The third kappa shape index (κ3) is 4.23. The predicted molar refractivity (Wildman–Crippen MR) is 90.1 cm³/mol. The lowest BCUT2D eigenvalue weighted by Crippen LogP contribution is -2.32. The highest BCUT2D eigenvalue weighted by Crippen LogP contribution is 2.43. The molecule has 0 bridgehead atoms. The minimum atomic E-state index is 0.632. The summed E-state index contributed by atoms with van der Waals surface area (Å²) in [4.78, 5) is 0. The quantitative estimate of drug-likeness (QED) is 0.777. The first kappa shape index (κ1) is 16.4. The molecule has 3 atom stereocenters. The van der Waals surface area contributed by atoms with Crippen molar-refractivity contribution in [3.63, 3.8) is 0 Å². The van der Waals surface area contributed by atoms with E-state index >= 15 is 0 Å². The summed E-state index contributed by atoms with van der Waals surface area (Å²) >= 11 is 0. The van der Waals surface area contributed by atoms with Gasteiger partial charge < -0.3 is 10.1 Å². The van der Waals surface area contributed by atoms with Gasteiger partial charge in [0.1, 0.15) is 5.75 Å². The highest BCUT2D eigenvalue weighted by molar-refractivity contribution is 5.40. The molecule has 3 unspecified atom stereocenters. The summed E-state index contributed by atoms with van der Waals surface area (Å²) in [5.41, 5.74) is 2.76. The van der Waals surface area contributed by atoms with Gasteiger partial charge in [0.25, 0.3) is 0 Å².